The van der Waals surface area contributed by atoms with Gasteiger partial charge in [0, 0.05) is 0 Å². The van der Waals surface area contributed by atoms with Gasteiger partial charge in [-0.3, -0.25) is 0 Å². The molecule has 0 amide bonds. The maximum Gasteiger partial charge on any atom is 0.147 e. The van der Waals surface area contributed by atoms with Crippen molar-refractivity contribution in [3.05, 3.63) is 11.1 Å². The Bertz CT molecular complexity index is 151. The van der Waals surface area contributed by atoms with E-state index < -0.39 is 0 Å². The third kappa shape index (κ3) is 1.84. The lowest BCUT2D eigenvalue weighted by atomic mass is 10.1. The molecule has 0 bridgehead atoms. The summed E-state index contributed by atoms with van der Waals surface area (Å²) in [6.45, 7) is 3.42. The number of hydrogen-bond donors (Lipinski definition) is 0. The fraction of sp³-hybridized carbons (Fsp3) is 0.750. The maximum absolute atomic E-state index is 5.14. The summed E-state index contributed by atoms with van der Waals surface area (Å²) in [6.07, 6.45) is 0. The smallest absolute Gasteiger partial charge is 0.147 e. The van der Waals surface area contributed by atoms with Crippen molar-refractivity contribution in [2.75, 3.05) is 40.0 Å². The van der Waals surface area contributed by atoms with Crippen molar-refractivity contribution in [1.82, 2.24) is 0 Å². The van der Waals surface area contributed by atoms with Crippen molar-refractivity contribution in [2.45, 2.75) is 0 Å². The summed E-state index contributed by atoms with van der Waals surface area (Å²) in [4.78, 5) is 0. The largest absolute Gasteiger partial charge is 0.351 e. The summed E-state index contributed by atoms with van der Waals surface area (Å²) < 4.78 is 20.6. The van der Waals surface area contributed by atoms with Crippen LogP contribution in [0.4, 0.5) is 0 Å². The Morgan fingerprint density at radius 1 is 0.583 bits per heavy atom. The van der Waals surface area contributed by atoms with E-state index in [4.69, 9.17) is 18.9 Å². The van der Waals surface area contributed by atoms with Crippen LogP contribution in [0.5, 0.6) is 0 Å². The predicted octanol–water partition coefficient (Wildman–Crippen LogP) is 0.292. The molecular formula is C8H12O4. The Hall–Kier alpha value is -0.420. The second-order valence-corrected chi connectivity index (χ2v) is 2.84. The zero-order valence-corrected chi connectivity index (χ0v) is 6.88. The minimum atomic E-state index is 0.401. The first-order chi connectivity index (χ1) is 5.97. The number of rotatable bonds is 0. The Morgan fingerprint density at radius 3 is 1.25 bits per heavy atom. The zero-order chi connectivity index (χ0) is 8.23. The monoisotopic (exact) mass is 172 g/mol. The van der Waals surface area contributed by atoms with Crippen LogP contribution >= 0.6 is 0 Å². The molecule has 0 aromatic rings. The summed E-state index contributed by atoms with van der Waals surface area (Å²) >= 11 is 0. The van der Waals surface area contributed by atoms with Gasteiger partial charge < -0.3 is 18.9 Å². The SMILES string of the molecule is C1OCC(=C2COCOC2)CO1. The van der Waals surface area contributed by atoms with Crippen LogP contribution in [0.25, 0.3) is 0 Å². The molecule has 0 spiro atoms. The van der Waals surface area contributed by atoms with Crippen LogP contribution < -0.4 is 0 Å². The van der Waals surface area contributed by atoms with Gasteiger partial charge in [0.2, 0.25) is 0 Å². The summed E-state index contributed by atoms with van der Waals surface area (Å²) in [5.41, 5.74) is 2.34. The fourth-order valence-corrected chi connectivity index (χ4v) is 1.27. The summed E-state index contributed by atoms with van der Waals surface area (Å²) in [5, 5.41) is 0. The predicted molar refractivity (Wildman–Crippen MR) is 40.6 cm³/mol. The number of hydrogen-bond acceptors (Lipinski definition) is 4. The summed E-state index contributed by atoms with van der Waals surface area (Å²) in [6, 6.07) is 0. The first-order valence-electron chi connectivity index (χ1n) is 3.97. The van der Waals surface area contributed by atoms with E-state index in [0.717, 1.165) is 0 Å². The van der Waals surface area contributed by atoms with Crippen LogP contribution in [0, 0.1) is 0 Å². The van der Waals surface area contributed by atoms with Crippen LogP contribution in [-0.2, 0) is 18.9 Å². The van der Waals surface area contributed by atoms with Crippen molar-refractivity contribution < 1.29 is 18.9 Å². The van der Waals surface area contributed by atoms with E-state index in [-0.39, 0.29) is 0 Å². The Kier molecular flexibility index (Phi) is 2.73. The molecule has 2 heterocycles. The van der Waals surface area contributed by atoms with Crippen LogP contribution in [0.2, 0.25) is 0 Å². The van der Waals surface area contributed by atoms with E-state index in [1.807, 2.05) is 0 Å². The average molecular weight is 172 g/mol. The van der Waals surface area contributed by atoms with Crippen molar-refractivity contribution >= 4 is 0 Å². The van der Waals surface area contributed by atoms with Gasteiger partial charge in [0.25, 0.3) is 0 Å². The van der Waals surface area contributed by atoms with Crippen LogP contribution in [0.1, 0.15) is 0 Å². The zero-order valence-electron chi connectivity index (χ0n) is 6.88. The highest BCUT2D eigenvalue weighted by atomic mass is 16.7. The van der Waals surface area contributed by atoms with Gasteiger partial charge in [-0.05, 0) is 11.1 Å². The quantitative estimate of drug-likeness (QED) is 0.492. The molecule has 0 saturated carbocycles. The normalized spacial score (nSPS) is 26.0. The van der Waals surface area contributed by atoms with Gasteiger partial charge in [-0.15, -0.1) is 0 Å². The van der Waals surface area contributed by atoms with E-state index in [9.17, 15) is 0 Å². The molecule has 2 rings (SSSR count). The van der Waals surface area contributed by atoms with Gasteiger partial charge in [0.15, 0.2) is 0 Å². The molecule has 2 fully saturated rings. The first-order valence-corrected chi connectivity index (χ1v) is 3.97. The van der Waals surface area contributed by atoms with E-state index in [1.165, 1.54) is 11.1 Å². The van der Waals surface area contributed by atoms with Gasteiger partial charge in [0.1, 0.15) is 13.6 Å². The molecule has 0 unspecified atom stereocenters. The summed E-state index contributed by atoms with van der Waals surface area (Å²) in [5.74, 6) is 0. The molecule has 2 aliphatic rings. The molecule has 0 aliphatic carbocycles. The van der Waals surface area contributed by atoms with Crippen molar-refractivity contribution in [3.63, 3.8) is 0 Å². The lowest BCUT2D eigenvalue weighted by Gasteiger charge is -2.22. The molecule has 12 heavy (non-hydrogen) atoms. The Morgan fingerprint density at radius 2 is 0.917 bits per heavy atom. The molecule has 68 valence electrons. The van der Waals surface area contributed by atoms with Gasteiger partial charge >= 0.3 is 0 Å². The van der Waals surface area contributed by atoms with Crippen LogP contribution in [0.3, 0.4) is 0 Å². The number of ether oxygens (including phenoxy) is 4. The third-order valence-electron chi connectivity index (χ3n) is 1.94. The molecule has 4 nitrogen and oxygen atoms in total. The molecule has 0 radical (unpaired) electrons. The highest BCUT2D eigenvalue weighted by Crippen LogP contribution is 2.13. The van der Waals surface area contributed by atoms with Crippen molar-refractivity contribution in [1.29, 1.82) is 0 Å². The minimum Gasteiger partial charge on any atom is -0.351 e. The van der Waals surface area contributed by atoms with Crippen molar-refractivity contribution in [3.8, 4) is 0 Å². The van der Waals surface area contributed by atoms with Crippen LogP contribution in [0.15, 0.2) is 11.1 Å². The molecule has 0 aromatic carbocycles. The highest BCUT2D eigenvalue weighted by molar-refractivity contribution is 5.17. The fourth-order valence-electron chi connectivity index (χ4n) is 1.27. The minimum absolute atomic E-state index is 0.401. The third-order valence-corrected chi connectivity index (χ3v) is 1.94. The van der Waals surface area contributed by atoms with Crippen LogP contribution in [-0.4, -0.2) is 40.0 Å². The van der Waals surface area contributed by atoms with E-state index in [2.05, 4.69) is 0 Å². The molecular weight excluding hydrogens is 160 g/mol. The first kappa shape index (κ1) is 8.19. The van der Waals surface area contributed by atoms with Gasteiger partial charge in [-0.2, -0.15) is 0 Å². The van der Waals surface area contributed by atoms with Gasteiger partial charge in [-0.1, -0.05) is 0 Å². The second kappa shape index (κ2) is 4.00. The Labute approximate surface area is 71.0 Å². The highest BCUT2D eigenvalue weighted by Gasteiger charge is 2.14. The van der Waals surface area contributed by atoms with Crippen molar-refractivity contribution in [2.24, 2.45) is 0 Å². The molecule has 0 atom stereocenters. The second-order valence-electron chi connectivity index (χ2n) is 2.84. The van der Waals surface area contributed by atoms with Gasteiger partial charge in [0.05, 0.1) is 26.4 Å². The molecule has 4 heteroatoms. The standard InChI is InChI=1S/C8H12O4/c1-7(2-10-5-9-1)8-3-11-6-12-4-8/h1-6H2. The molecule has 2 saturated heterocycles. The maximum atomic E-state index is 5.14. The van der Waals surface area contributed by atoms with E-state index >= 15 is 0 Å². The molecule has 2 aliphatic heterocycles. The lowest BCUT2D eigenvalue weighted by molar-refractivity contribution is -0.0847. The Balaban J connectivity index is 2.00. The molecule has 0 N–H and O–H groups in total. The van der Waals surface area contributed by atoms with E-state index in [0.29, 0.717) is 40.0 Å². The average Bonchev–Trinajstić information content (AvgIpc) is 2.21. The summed E-state index contributed by atoms with van der Waals surface area (Å²) in [7, 11) is 0. The molecule has 0 aromatic heterocycles. The van der Waals surface area contributed by atoms with Gasteiger partial charge in [-0.25, -0.2) is 0 Å². The van der Waals surface area contributed by atoms with E-state index in [1.54, 1.807) is 0 Å². The lowest BCUT2D eigenvalue weighted by Crippen LogP contribution is -2.23. The topological polar surface area (TPSA) is 36.9 Å².